The number of carbonyl (C=O) groups is 2. The summed E-state index contributed by atoms with van der Waals surface area (Å²) >= 11 is 4.24. The van der Waals surface area contributed by atoms with E-state index in [-0.39, 0.29) is 11.3 Å². The summed E-state index contributed by atoms with van der Waals surface area (Å²) in [4.78, 5) is 26.7. The molecule has 0 spiro atoms. The summed E-state index contributed by atoms with van der Waals surface area (Å²) in [6.45, 7) is 1.65. The van der Waals surface area contributed by atoms with Gasteiger partial charge in [0.05, 0.1) is 11.6 Å². The number of amides is 1. The quantitative estimate of drug-likeness (QED) is 0.863. The van der Waals surface area contributed by atoms with E-state index in [4.69, 9.17) is 5.11 Å². The van der Waals surface area contributed by atoms with Crippen LogP contribution in [-0.2, 0) is 0 Å². The number of benzene rings is 1. The lowest BCUT2D eigenvalue weighted by atomic mass is 10.2. The molecule has 1 atom stereocenters. The van der Waals surface area contributed by atoms with Gasteiger partial charge in [0.15, 0.2) is 5.69 Å². The summed E-state index contributed by atoms with van der Waals surface area (Å²) in [6, 6.07) is 3.62. The molecule has 0 saturated carbocycles. The second-order valence-electron chi connectivity index (χ2n) is 4.20. The molecule has 2 N–H and O–H groups in total. The lowest BCUT2D eigenvalue weighted by Gasteiger charge is -2.11. The number of hydrogen-bond acceptors (Lipinski definition) is 4. The van der Waals surface area contributed by atoms with E-state index in [9.17, 15) is 14.0 Å². The Kier molecular flexibility index (Phi) is 4.69. The average Bonchev–Trinajstić information content (AvgIpc) is 2.88. The van der Waals surface area contributed by atoms with Gasteiger partial charge in [-0.05, 0) is 25.1 Å². The van der Waals surface area contributed by atoms with Crippen LogP contribution < -0.4 is 5.32 Å². The Balaban J connectivity index is 2.12. The van der Waals surface area contributed by atoms with Crippen LogP contribution in [0, 0.1) is 5.82 Å². The van der Waals surface area contributed by atoms with Gasteiger partial charge in [-0.3, -0.25) is 4.79 Å². The molecule has 2 aromatic rings. The maximum atomic E-state index is 13.7. The Labute approximate surface area is 132 Å². The maximum Gasteiger partial charge on any atom is 0.355 e. The Morgan fingerprint density at radius 1 is 1.48 bits per heavy atom. The van der Waals surface area contributed by atoms with Gasteiger partial charge in [0.25, 0.3) is 5.91 Å². The molecule has 1 aromatic heterocycles. The Morgan fingerprint density at radius 2 is 2.19 bits per heavy atom. The Morgan fingerprint density at radius 3 is 2.76 bits per heavy atom. The second-order valence-corrected chi connectivity index (χ2v) is 6.00. The molecule has 1 heterocycles. The van der Waals surface area contributed by atoms with E-state index in [1.54, 1.807) is 13.0 Å². The monoisotopic (exact) mass is 372 g/mol. The molecular weight excluding hydrogens is 363 g/mol. The minimum atomic E-state index is -1.13. The Hall–Kier alpha value is -1.80. The molecule has 21 heavy (non-hydrogen) atoms. The van der Waals surface area contributed by atoms with E-state index in [1.807, 2.05) is 0 Å². The zero-order chi connectivity index (χ0) is 15.6. The molecule has 0 bridgehead atoms. The molecule has 0 fully saturated rings. The number of halogens is 2. The van der Waals surface area contributed by atoms with Gasteiger partial charge < -0.3 is 10.4 Å². The van der Waals surface area contributed by atoms with Crippen LogP contribution in [0.15, 0.2) is 28.1 Å². The number of carbonyl (C=O) groups excluding carboxylic acids is 1. The molecule has 1 amide bonds. The third-order valence-electron chi connectivity index (χ3n) is 2.63. The number of carboxylic acids is 1. The van der Waals surface area contributed by atoms with Crippen molar-refractivity contribution in [2.45, 2.75) is 13.0 Å². The van der Waals surface area contributed by atoms with Gasteiger partial charge in [-0.15, -0.1) is 11.3 Å². The largest absolute Gasteiger partial charge is 0.476 e. The third kappa shape index (κ3) is 3.64. The lowest BCUT2D eigenvalue weighted by molar-refractivity contribution is 0.0691. The van der Waals surface area contributed by atoms with Gasteiger partial charge in [-0.25, -0.2) is 14.2 Å². The van der Waals surface area contributed by atoms with Crippen molar-refractivity contribution in [2.24, 2.45) is 0 Å². The zero-order valence-electron chi connectivity index (χ0n) is 10.8. The summed E-state index contributed by atoms with van der Waals surface area (Å²) in [5.41, 5.74) is -0.161. The predicted molar refractivity (Wildman–Crippen MR) is 79.1 cm³/mol. The number of aromatic nitrogens is 1. The van der Waals surface area contributed by atoms with Crippen LogP contribution in [0.25, 0.3) is 0 Å². The van der Waals surface area contributed by atoms with Crippen molar-refractivity contribution in [3.05, 3.63) is 50.1 Å². The van der Waals surface area contributed by atoms with E-state index in [2.05, 4.69) is 26.2 Å². The van der Waals surface area contributed by atoms with Crippen LogP contribution in [0.5, 0.6) is 0 Å². The number of rotatable bonds is 4. The molecule has 0 aliphatic heterocycles. The van der Waals surface area contributed by atoms with E-state index in [0.29, 0.717) is 9.48 Å². The number of carboxylic acid groups (broad SMARTS) is 1. The van der Waals surface area contributed by atoms with Gasteiger partial charge in [-0.1, -0.05) is 15.9 Å². The third-order valence-corrected chi connectivity index (χ3v) is 4.16. The minimum Gasteiger partial charge on any atom is -0.476 e. The molecule has 0 radical (unpaired) electrons. The molecule has 110 valence electrons. The second kappa shape index (κ2) is 6.31. The van der Waals surface area contributed by atoms with Crippen LogP contribution in [0.4, 0.5) is 4.39 Å². The highest BCUT2D eigenvalue weighted by Gasteiger charge is 2.18. The molecule has 5 nitrogen and oxygen atoms in total. The van der Waals surface area contributed by atoms with Crippen molar-refractivity contribution >= 4 is 39.1 Å². The van der Waals surface area contributed by atoms with Gasteiger partial charge in [0.2, 0.25) is 0 Å². The van der Waals surface area contributed by atoms with Crippen molar-refractivity contribution in [1.29, 1.82) is 0 Å². The smallest absolute Gasteiger partial charge is 0.355 e. The van der Waals surface area contributed by atoms with Crippen LogP contribution in [0.3, 0.4) is 0 Å². The topological polar surface area (TPSA) is 79.3 Å². The molecule has 8 heteroatoms. The number of aromatic carboxylic acids is 1. The van der Waals surface area contributed by atoms with Crippen molar-refractivity contribution in [3.8, 4) is 0 Å². The highest BCUT2D eigenvalue weighted by Crippen LogP contribution is 2.20. The molecule has 1 unspecified atom stereocenters. The summed E-state index contributed by atoms with van der Waals surface area (Å²) in [5.74, 6) is -2.35. The molecule has 0 aliphatic rings. The first kappa shape index (κ1) is 15.6. The standard InChI is InChI=1S/C13H10BrFN2O3S/c1-6(12-17-10(5-21-12)13(19)20)16-11(18)8-3-2-7(14)4-9(8)15/h2-6H,1H3,(H,16,18)(H,19,20). The normalized spacial score (nSPS) is 12.0. The molecular formula is C13H10BrFN2O3S. The van der Waals surface area contributed by atoms with Crippen LogP contribution in [-0.4, -0.2) is 22.0 Å². The van der Waals surface area contributed by atoms with Crippen LogP contribution in [0.2, 0.25) is 0 Å². The zero-order valence-corrected chi connectivity index (χ0v) is 13.2. The summed E-state index contributed by atoms with van der Waals surface area (Å²) < 4.78 is 14.2. The summed E-state index contributed by atoms with van der Waals surface area (Å²) in [6.07, 6.45) is 0. The maximum absolute atomic E-state index is 13.7. The Bertz CT molecular complexity index is 704. The molecule has 0 aliphatic carbocycles. The lowest BCUT2D eigenvalue weighted by Crippen LogP contribution is -2.27. The fraction of sp³-hybridized carbons (Fsp3) is 0.154. The van der Waals surface area contributed by atoms with E-state index in [0.717, 1.165) is 11.3 Å². The number of nitrogens with zero attached hydrogens (tertiary/aromatic N) is 1. The molecule has 0 saturated heterocycles. The van der Waals surface area contributed by atoms with E-state index in [1.165, 1.54) is 17.5 Å². The van der Waals surface area contributed by atoms with Gasteiger partial charge in [0, 0.05) is 9.85 Å². The van der Waals surface area contributed by atoms with Crippen molar-refractivity contribution in [1.82, 2.24) is 10.3 Å². The molecule has 1 aromatic carbocycles. The molecule has 2 rings (SSSR count). The SMILES string of the molecule is CC(NC(=O)c1ccc(Br)cc1F)c1nc(C(=O)O)cs1. The minimum absolute atomic E-state index is 0.0779. The predicted octanol–water partition coefficient (Wildman–Crippen LogP) is 3.23. The van der Waals surface area contributed by atoms with Gasteiger partial charge in [-0.2, -0.15) is 0 Å². The summed E-state index contributed by atoms with van der Waals surface area (Å²) in [5, 5.41) is 13.2. The fourth-order valence-corrected chi connectivity index (χ4v) is 2.73. The van der Waals surface area contributed by atoms with E-state index < -0.39 is 23.7 Å². The number of nitrogens with one attached hydrogen (secondary N) is 1. The first-order chi connectivity index (χ1) is 9.88. The van der Waals surface area contributed by atoms with Crippen molar-refractivity contribution in [3.63, 3.8) is 0 Å². The fourth-order valence-electron chi connectivity index (χ4n) is 1.59. The summed E-state index contributed by atoms with van der Waals surface area (Å²) in [7, 11) is 0. The first-order valence-corrected chi connectivity index (χ1v) is 7.50. The average molecular weight is 373 g/mol. The van der Waals surface area contributed by atoms with Crippen molar-refractivity contribution < 1.29 is 19.1 Å². The van der Waals surface area contributed by atoms with Gasteiger partial charge >= 0.3 is 5.97 Å². The van der Waals surface area contributed by atoms with E-state index >= 15 is 0 Å². The van der Waals surface area contributed by atoms with Crippen LogP contribution >= 0.6 is 27.3 Å². The first-order valence-electron chi connectivity index (χ1n) is 5.83. The highest BCUT2D eigenvalue weighted by molar-refractivity contribution is 9.10. The number of hydrogen-bond donors (Lipinski definition) is 2. The van der Waals surface area contributed by atoms with Gasteiger partial charge in [0.1, 0.15) is 10.8 Å². The number of thiazole rings is 1. The van der Waals surface area contributed by atoms with Crippen molar-refractivity contribution in [2.75, 3.05) is 0 Å². The highest BCUT2D eigenvalue weighted by atomic mass is 79.9. The van der Waals surface area contributed by atoms with Crippen LogP contribution in [0.1, 0.15) is 38.8 Å².